The number of nitrogens with zero attached hydrogens (tertiary/aromatic N) is 1. The number of rotatable bonds is 4. The summed E-state index contributed by atoms with van der Waals surface area (Å²) in [6, 6.07) is 4.43. The van der Waals surface area contributed by atoms with Crippen molar-refractivity contribution in [3.05, 3.63) is 50.2 Å². The Labute approximate surface area is 120 Å². The van der Waals surface area contributed by atoms with E-state index < -0.39 is 5.82 Å². The molecule has 5 heteroatoms. The van der Waals surface area contributed by atoms with Gasteiger partial charge in [0.25, 0.3) is 0 Å². The molecule has 19 heavy (non-hydrogen) atoms. The average molecular weight is 298 g/mol. The summed E-state index contributed by atoms with van der Waals surface area (Å²) in [7, 11) is 0. The third-order valence-electron chi connectivity index (χ3n) is 2.86. The molecular weight excluding hydrogens is 285 g/mol. The number of ketones is 1. The second-order valence-electron chi connectivity index (χ2n) is 4.34. The normalized spacial score (nSPS) is 10.7. The molecule has 0 amide bonds. The topological polar surface area (TPSA) is 30.0 Å². The van der Waals surface area contributed by atoms with Crippen LogP contribution in [0.3, 0.4) is 0 Å². The first-order chi connectivity index (χ1) is 8.97. The molecule has 0 aliphatic rings. The molecule has 2 rings (SSSR count). The number of benzene rings is 1. The fraction of sp³-hybridized carbons (Fsp3) is 0.286. The summed E-state index contributed by atoms with van der Waals surface area (Å²) >= 11 is 7.40. The van der Waals surface area contributed by atoms with E-state index in [0.717, 1.165) is 15.6 Å². The first-order valence-corrected chi connectivity index (χ1v) is 7.04. The van der Waals surface area contributed by atoms with Crippen LogP contribution in [0, 0.1) is 19.7 Å². The van der Waals surface area contributed by atoms with Crippen LogP contribution in [0.5, 0.6) is 0 Å². The van der Waals surface area contributed by atoms with E-state index in [1.54, 1.807) is 6.07 Å². The van der Waals surface area contributed by atoms with Crippen LogP contribution in [0.4, 0.5) is 4.39 Å². The van der Waals surface area contributed by atoms with Crippen LogP contribution in [0.1, 0.15) is 21.1 Å². The third-order valence-corrected chi connectivity index (χ3v) is 4.28. The highest BCUT2D eigenvalue weighted by Gasteiger charge is 2.14. The molecule has 0 aliphatic heterocycles. The van der Waals surface area contributed by atoms with Crippen molar-refractivity contribution in [2.45, 2.75) is 26.7 Å². The Kier molecular flexibility index (Phi) is 4.32. The van der Waals surface area contributed by atoms with E-state index in [1.165, 1.54) is 23.5 Å². The van der Waals surface area contributed by atoms with Crippen LogP contribution < -0.4 is 0 Å². The molecule has 1 heterocycles. The van der Waals surface area contributed by atoms with Gasteiger partial charge in [-0.05, 0) is 26.0 Å². The van der Waals surface area contributed by atoms with Crippen molar-refractivity contribution in [2.24, 2.45) is 0 Å². The van der Waals surface area contributed by atoms with Crippen molar-refractivity contribution < 1.29 is 9.18 Å². The van der Waals surface area contributed by atoms with Gasteiger partial charge in [0.2, 0.25) is 0 Å². The van der Waals surface area contributed by atoms with E-state index in [9.17, 15) is 9.18 Å². The van der Waals surface area contributed by atoms with Crippen LogP contribution >= 0.6 is 22.9 Å². The van der Waals surface area contributed by atoms with Gasteiger partial charge >= 0.3 is 0 Å². The van der Waals surface area contributed by atoms with Crippen LogP contribution in [0.15, 0.2) is 18.2 Å². The molecule has 0 aliphatic carbocycles. The zero-order chi connectivity index (χ0) is 14.0. The molecule has 0 saturated carbocycles. The van der Waals surface area contributed by atoms with Crippen molar-refractivity contribution in [3.8, 4) is 0 Å². The first-order valence-electron chi connectivity index (χ1n) is 5.85. The fourth-order valence-electron chi connectivity index (χ4n) is 1.74. The maximum atomic E-state index is 13.6. The number of aromatic nitrogens is 1. The number of carbonyl (C=O) groups is 1. The van der Waals surface area contributed by atoms with Crippen LogP contribution in [0.25, 0.3) is 0 Å². The molecule has 1 aromatic heterocycles. The monoisotopic (exact) mass is 297 g/mol. The second-order valence-corrected chi connectivity index (χ2v) is 6.04. The van der Waals surface area contributed by atoms with Crippen LogP contribution in [0.2, 0.25) is 5.02 Å². The van der Waals surface area contributed by atoms with Gasteiger partial charge in [0.1, 0.15) is 16.6 Å². The number of hydrogen-bond donors (Lipinski definition) is 0. The van der Waals surface area contributed by atoms with Crippen molar-refractivity contribution in [2.75, 3.05) is 0 Å². The predicted octanol–water partition coefficient (Wildman–Crippen LogP) is 3.91. The highest BCUT2D eigenvalue weighted by molar-refractivity contribution is 7.11. The van der Waals surface area contributed by atoms with E-state index in [1.807, 2.05) is 13.8 Å². The predicted molar refractivity (Wildman–Crippen MR) is 75.4 cm³/mol. The zero-order valence-electron chi connectivity index (χ0n) is 10.7. The molecule has 0 spiro atoms. The second kappa shape index (κ2) is 5.80. The minimum absolute atomic E-state index is 0.00316. The van der Waals surface area contributed by atoms with Gasteiger partial charge in [-0.3, -0.25) is 4.79 Å². The van der Waals surface area contributed by atoms with Crippen molar-refractivity contribution in [3.63, 3.8) is 0 Å². The smallest absolute Gasteiger partial charge is 0.144 e. The van der Waals surface area contributed by atoms with Gasteiger partial charge in [0, 0.05) is 21.9 Å². The van der Waals surface area contributed by atoms with Crippen LogP contribution in [-0.2, 0) is 17.6 Å². The maximum Gasteiger partial charge on any atom is 0.144 e. The molecule has 0 unspecified atom stereocenters. The minimum Gasteiger partial charge on any atom is -0.299 e. The number of hydrogen-bond acceptors (Lipinski definition) is 3. The highest BCUT2D eigenvalue weighted by Crippen LogP contribution is 2.21. The van der Waals surface area contributed by atoms with Gasteiger partial charge < -0.3 is 0 Å². The average Bonchev–Trinajstić information content (AvgIpc) is 2.63. The summed E-state index contributed by atoms with van der Waals surface area (Å²) in [6.45, 7) is 3.88. The molecule has 0 atom stereocenters. The standard InChI is InChI=1S/C14H13ClFNOS/c1-8-9(2)19-14(17-8)7-10(18)6-11-12(15)4-3-5-13(11)16/h3-5H,6-7H2,1-2H3. The van der Waals surface area contributed by atoms with Crippen molar-refractivity contribution in [1.82, 2.24) is 4.98 Å². The molecule has 2 aromatic rings. The fourth-order valence-corrected chi connectivity index (χ4v) is 2.94. The lowest BCUT2D eigenvalue weighted by molar-refractivity contribution is -0.117. The molecular formula is C14H13ClFNOS. The van der Waals surface area contributed by atoms with Crippen molar-refractivity contribution in [1.29, 1.82) is 0 Å². The molecule has 2 nitrogen and oxygen atoms in total. The first kappa shape index (κ1) is 14.2. The van der Waals surface area contributed by atoms with Gasteiger partial charge in [0.05, 0.1) is 12.1 Å². The van der Waals surface area contributed by atoms with E-state index in [0.29, 0.717) is 5.02 Å². The number of aryl methyl sites for hydroxylation is 2. The largest absolute Gasteiger partial charge is 0.299 e. The summed E-state index contributed by atoms with van der Waals surface area (Å²) in [5.74, 6) is -0.520. The lowest BCUT2D eigenvalue weighted by atomic mass is 10.1. The van der Waals surface area contributed by atoms with E-state index in [4.69, 9.17) is 11.6 Å². The zero-order valence-corrected chi connectivity index (χ0v) is 12.2. The maximum absolute atomic E-state index is 13.6. The summed E-state index contributed by atoms with van der Waals surface area (Å²) < 4.78 is 13.6. The molecule has 0 fully saturated rings. The lowest BCUT2D eigenvalue weighted by Gasteiger charge is -2.04. The Morgan fingerprint density at radius 1 is 1.37 bits per heavy atom. The Morgan fingerprint density at radius 3 is 2.68 bits per heavy atom. The number of Topliss-reactive ketones (excluding diaryl/α,β-unsaturated/α-hetero) is 1. The van der Waals surface area contributed by atoms with Gasteiger partial charge in [-0.15, -0.1) is 11.3 Å². The Hall–Kier alpha value is -1.26. The van der Waals surface area contributed by atoms with Crippen molar-refractivity contribution >= 4 is 28.7 Å². The summed E-state index contributed by atoms with van der Waals surface area (Å²) in [4.78, 5) is 17.4. The Morgan fingerprint density at radius 2 is 2.11 bits per heavy atom. The molecule has 0 bridgehead atoms. The molecule has 0 radical (unpaired) electrons. The number of halogens is 2. The number of carbonyl (C=O) groups excluding carboxylic acids is 1. The Balaban J connectivity index is 2.09. The number of thiazole rings is 1. The lowest BCUT2D eigenvalue weighted by Crippen LogP contribution is -2.08. The SMILES string of the molecule is Cc1nc(CC(=O)Cc2c(F)cccc2Cl)sc1C. The summed E-state index contributed by atoms with van der Waals surface area (Å²) in [5, 5.41) is 1.06. The summed E-state index contributed by atoms with van der Waals surface area (Å²) in [5.41, 5.74) is 1.20. The van der Waals surface area contributed by atoms with Gasteiger partial charge in [0.15, 0.2) is 0 Å². The van der Waals surface area contributed by atoms with E-state index in [-0.39, 0.29) is 24.2 Å². The molecule has 1 aromatic carbocycles. The van der Waals surface area contributed by atoms with Crippen LogP contribution in [-0.4, -0.2) is 10.8 Å². The Bertz CT molecular complexity index is 584. The van der Waals surface area contributed by atoms with E-state index in [2.05, 4.69) is 4.98 Å². The van der Waals surface area contributed by atoms with Gasteiger partial charge in [-0.25, -0.2) is 9.37 Å². The van der Waals surface area contributed by atoms with Gasteiger partial charge in [-0.1, -0.05) is 17.7 Å². The quantitative estimate of drug-likeness (QED) is 0.856. The molecule has 0 saturated heterocycles. The molecule has 0 N–H and O–H groups in total. The minimum atomic E-state index is -0.438. The molecule has 100 valence electrons. The highest BCUT2D eigenvalue weighted by atomic mass is 35.5. The third kappa shape index (κ3) is 3.39. The van der Waals surface area contributed by atoms with E-state index >= 15 is 0 Å². The summed E-state index contributed by atoms with van der Waals surface area (Å²) in [6.07, 6.45) is 0.229. The van der Waals surface area contributed by atoms with Gasteiger partial charge in [-0.2, -0.15) is 0 Å².